The van der Waals surface area contributed by atoms with Crippen molar-refractivity contribution in [1.29, 1.82) is 0 Å². The third-order valence-corrected chi connectivity index (χ3v) is 6.14. The largest absolute Gasteiger partial charge is 0.396 e. The maximum Gasteiger partial charge on any atom is 0.0729 e. The van der Waals surface area contributed by atoms with Gasteiger partial charge in [-0.05, 0) is 54.2 Å². The van der Waals surface area contributed by atoms with Gasteiger partial charge in [-0.15, -0.1) is 0 Å². The second kappa shape index (κ2) is 5.07. The van der Waals surface area contributed by atoms with Gasteiger partial charge in [0.25, 0.3) is 0 Å². The normalized spacial score (nSPS) is 28.0. The second-order valence-corrected chi connectivity index (χ2v) is 7.19. The predicted molar refractivity (Wildman–Crippen MR) is 93.8 cm³/mol. The number of aliphatic hydroxyl groups is 1. The van der Waals surface area contributed by atoms with Crippen LogP contribution in [-0.4, -0.2) is 23.2 Å². The Hall–Kier alpha value is -1.35. The van der Waals surface area contributed by atoms with Crippen LogP contribution in [0.2, 0.25) is 5.02 Å². The van der Waals surface area contributed by atoms with E-state index in [0.717, 1.165) is 24.4 Å². The minimum atomic E-state index is -0.165. The topological polar surface area (TPSA) is 23.5 Å². The van der Waals surface area contributed by atoms with Crippen molar-refractivity contribution in [1.82, 2.24) is 4.90 Å². The van der Waals surface area contributed by atoms with Crippen molar-refractivity contribution in [2.75, 3.05) is 13.2 Å². The Morgan fingerprint density at radius 1 is 1.04 bits per heavy atom. The Morgan fingerprint density at radius 2 is 1.74 bits per heavy atom. The summed E-state index contributed by atoms with van der Waals surface area (Å²) >= 11 is 6.33. The van der Waals surface area contributed by atoms with Crippen molar-refractivity contribution >= 4 is 11.6 Å². The third kappa shape index (κ3) is 1.67. The van der Waals surface area contributed by atoms with Gasteiger partial charge in [-0.1, -0.05) is 48.9 Å². The van der Waals surface area contributed by atoms with Gasteiger partial charge >= 0.3 is 0 Å². The molecular formula is C20H22ClNO. The molecule has 2 aliphatic rings. The molecule has 0 saturated carbocycles. The Bertz CT molecular complexity index is 774. The lowest BCUT2D eigenvalue weighted by Crippen LogP contribution is -2.44. The van der Waals surface area contributed by atoms with Crippen LogP contribution in [0.25, 0.3) is 0 Å². The van der Waals surface area contributed by atoms with Gasteiger partial charge in [-0.3, -0.25) is 4.90 Å². The highest BCUT2D eigenvalue weighted by atomic mass is 35.5. The molecule has 0 aliphatic carbocycles. The van der Waals surface area contributed by atoms with Crippen LogP contribution in [0.15, 0.2) is 42.5 Å². The quantitative estimate of drug-likeness (QED) is 0.906. The van der Waals surface area contributed by atoms with Gasteiger partial charge in [0.15, 0.2) is 0 Å². The van der Waals surface area contributed by atoms with E-state index in [1.54, 1.807) is 0 Å². The summed E-state index contributed by atoms with van der Waals surface area (Å²) in [6.07, 6.45) is 1.80. The van der Waals surface area contributed by atoms with Crippen LogP contribution in [0, 0.1) is 0 Å². The third-order valence-electron chi connectivity index (χ3n) is 5.90. The van der Waals surface area contributed by atoms with Crippen LogP contribution in [-0.2, 0) is 11.1 Å². The number of benzene rings is 2. The summed E-state index contributed by atoms with van der Waals surface area (Å²) in [5, 5.41) is 10.2. The van der Waals surface area contributed by atoms with E-state index in [9.17, 15) is 5.11 Å². The zero-order valence-corrected chi connectivity index (χ0v) is 14.4. The van der Waals surface area contributed by atoms with Gasteiger partial charge in [0.2, 0.25) is 0 Å². The molecular weight excluding hydrogens is 306 g/mol. The van der Waals surface area contributed by atoms with Crippen molar-refractivity contribution in [3.8, 4) is 0 Å². The van der Waals surface area contributed by atoms with Crippen LogP contribution in [0.4, 0.5) is 0 Å². The molecule has 2 aromatic rings. The van der Waals surface area contributed by atoms with E-state index in [2.05, 4.69) is 55.1 Å². The first kappa shape index (κ1) is 15.2. The molecule has 2 atom stereocenters. The maximum absolute atomic E-state index is 9.39. The number of aliphatic hydroxyl groups excluding tert-OH is 1. The van der Waals surface area contributed by atoms with E-state index in [1.807, 2.05) is 6.07 Å². The molecule has 2 bridgehead atoms. The van der Waals surface area contributed by atoms with E-state index >= 15 is 0 Å². The Kier molecular flexibility index (Phi) is 3.35. The highest BCUT2D eigenvalue weighted by Crippen LogP contribution is 2.64. The Labute approximate surface area is 142 Å². The first-order valence-corrected chi connectivity index (χ1v) is 8.77. The van der Waals surface area contributed by atoms with Crippen LogP contribution in [0.3, 0.4) is 0 Å². The molecule has 2 heterocycles. The Morgan fingerprint density at radius 3 is 2.43 bits per heavy atom. The fraction of sp³-hybridized carbons (Fsp3) is 0.400. The van der Waals surface area contributed by atoms with Crippen LogP contribution in [0.1, 0.15) is 48.9 Å². The lowest BCUT2D eigenvalue weighted by Gasteiger charge is -2.38. The van der Waals surface area contributed by atoms with Gasteiger partial charge in [0, 0.05) is 18.2 Å². The minimum Gasteiger partial charge on any atom is -0.396 e. The Balaban J connectivity index is 2.04. The van der Waals surface area contributed by atoms with E-state index in [0.29, 0.717) is 0 Å². The highest BCUT2D eigenvalue weighted by molar-refractivity contribution is 6.30. The second-order valence-electron chi connectivity index (χ2n) is 6.75. The zero-order valence-electron chi connectivity index (χ0n) is 13.6. The van der Waals surface area contributed by atoms with Crippen LogP contribution < -0.4 is 0 Å². The number of fused-ring (bicyclic) bond motifs is 8. The summed E-state index contributed by atoms with van der Waals surface area (Å²) < 4.78 is 0. The van der Waals surface area contributed by atoms with Crippen molar-refractivity contribution in [3.05, 3.63) is 69.7 Å². The summed E-state index contributed by atoms with van der Waals surface area (Å²) in [5.41, 5.74) is 5.24. The minimum absolute atomic E-state index is 0.0968. The molecule has 0 radical (unpaired) electrons. The molecule has 0 fully saturated rings. The van der Waals surface area contributed by atoms with E-state index in [-0.39, 0.29) is 17.7 Å². The summed E-state index contributed by atoms with van der Waals surface area (Å²) in [4.78, 5) is 2.59. The maximum atomic E-state index is 9.39. The summed E-state index contributed by atoms with van der Waals surface area (Å²) in [5.74, 6) is 0. The zero-order chi connectivity index (χ0) is 16.2. The number of hydrogen-bond acceptors (Lipinski definition) is 2. The molecule has 4 rings (SSSR count). The number of halogens is 1. The average Bonchev–Trinajstić information content (AvgIpc) is 2.92. The van der Waals surface area contributed by atoms with Gasteiger partial charge in [0.05, 0.1) is 11.1 Å². The molecule has 2 nitrogen and oxygen atoms in total. The monoisotopic (exact) mass is 327 g/mol. The molecule has 0 amide bonds. The van der Waals surface area contributed by atoms with Crippen molar-refractivity contribution in [3.63, 3.8) is 0 Å². The molecule has 1 N–H and O–H groups in total. The average molecular weight is 328 g/mol. The molecule has 2 unspecified atom stereocenters. The number of rotatable bonds is 4. The first-order valence-electron chi connectivity index (χ1n) is 8.39. The molecule has 0 spiro atoms. The molecule has 3 heteroatoms. The fourth-order valence-corrected chi connectivity index (χ4v) is 5.19. The molecule has 23 heavy (non-hydrogen) atoms. The smallest absolute Gasteiger partial charge is 0.0729 e. The molecule has 120 valence electrons. The van der Waals surface area contributed by atoms with Gasteiger partial charge in [0.1, 0.15) is 0 Å². The molecule has 2 aromatic carbocycles. The van der Waals surface area contributed by atoms with Gasteiger partial charge < -0.3 is 5.11 Å². The van der Waals surface area contributed by atoms with Crippen molar-refractivity contribution in [2.45, 2.75) is 37.8 Å². The number of hydrogen-bond donors (Lipinski definition) is 1. The SMILES string of the molecule is CCC12c3ccccc3C(C)(c3cc(Cl)ccc31)N2CCCO. The summed E-state index contributed by atoms with van der Waals surface area (Å²) in [7, 11) is 0. The van der Waals surface area contributed by atoms with Crippen molar-refractivity contribution in [2.24, 2.45) is 0 Å². The molecule has 0 saturated heterocycles. The van der Waals surface area contributed by atoms with Crippen molar-refractivity contribution < 1.29 is 5.11 Å². The van der Waals surface area contributed by atoms with Crippen LogP contribution in [0.5, 0.6) is 0 Å². The van der Waals surface area contributed by atoms with Crippen LogP contribution >= 0.6 is 11.6 Å². The lowest BCUT2D eigenvalue weighted by molar-refractivity contribution is 0.0739. The summed E-state index contributed by atoms with van der Waals surface area (Å²) in [6.45, 7) is 5.67. The van der Waals surface area contributed by atoms with E-state index in [4.69, 9.17) is 11.6 Å². The number of nitrogens with zero attached hydrogens (tertiary/aromatic N) is 1. The fourth-order valence-electron chi connectivity index (χ4n) is 5.02. The van der Waals surface area contributed by atoms with Gasteiger partial charge in [-0.25, -0.2) is 0 Å². The van der Waals surface area contributed by atoms with Gasteiger partial charge in [-0.2, -0.15) is 0 Å². The van der Waals surface area contributed by atoms with E-state index < -0.39 is 0 Å². The molecule has 2 aliphatic heterocycles. The molecule has 0 aromatic heterocycles. The highest BCUT2D eigenvalue weighted by Gasteiger charge is 2.63. The summed E-state index contributed by atoms with van der Waals surface area (Å²) in [6, 6.07) is 15.1. The predicted octanol–water partition coefficient (Wildman–Crippen LogP) is 4.27. The first-order chi connectivity index (χ1) is 11.1. The standard InChI is InChI=1S/C20H22ClNO/c1-3-20-16-8-5-4-7-15(16)19(2,22(20)11-6-12-23)18-13-14(21)9-10-17(18)20/h4-5,7-10,13,23H,3,6,11-12H2,1-2H3. The van der Waals surface area contributed by atoms with E-state index in [1.165, 1.54) is 22.3 Å². The lowest BCUT2D eigenvalue weighted by atomic mass is 9.72.